The van der Waals surface area contributed by atoms with E-state index >= 15 is 0 Å². The quantitative estimate of drug-likeness (QED) is 0.498. The second-order valence-corrected chi connectivity index (χ2v) is 6.81. The number of ether oxygens (including phenoxy) is 1. The summed E-state index contributed by atoms with van der Waals surface area (Å²) in [6.45, 7) is 5.67. The average molecular weight is 341 g/mol. The highest BCUT2D eigenvalue weighted by molar-refractivity contribution is 5.89. The smallest absolute Gasteiger partial charge is 0.359 e. The maximum Gasteiger partial charge on any atom is 0.359 e. The molecule has 0 aliphatic carbocycles. The molecule has 3 heterocycles. The van der Waals surface area contributed by atoms with Gasteiger partial charge in [0.25, 0.3) is 0 Å². The zero-order chi connectivity index (χ0) is 17.8. The Kier molecular flexibility index (Phi) is 3.24. The van der Waals surface area contributed by atoms with Crippen LogP contribution in [0.5, 0.6) is 0 Å². The summed E-state index contributed by atoms with van der Waals surface area (Å²) in [5.41, 5.74) is 1.48. The van der Waals surface area contributed by atoms with Crippen molar-refractivity contribution in [3.8, 4) is 17.1 Å². The summed E-state index contributed by atoms with van der Waals surface area (Å²) in [5.74, 6) is -0.342. The highest BCUT2D eigenvalue weighted by Gasteiger charge is 2.29. The van der Waals surface area contributed by atoms with Crippen LogP contribution in [0.15, 0.2) is 30.9 Å². The minimum atomic E-state index is -0.627. The zero-order valence-corrected chi connectivity index (χ0v) is 14.0. The van der Waals surface area contributed by atoms with Crippen molar-refractivity contribution >= 4 is 5.97 Å². The largest absolute Gasteiger partial charge is 0.455 e. The molecule has 0 bridgehead atoms. The predicted octanol–water partition coefficient (Wildman–Crippen LogP) is 2.59. The van der Waals surface area contributed by atoms with E-state index < -0.39 is 11.6 Å². The van der Waals surface area contributed by atoms with Gasteiger partial charge in [0, 0.05) is 5.56 Å². The van der Waals surface area contributed by atoms with Crippen LogP contribution in [0.25, 0.3) is 17.1 Å². The van der Waals surface area contributed by atoms with Gasteiger partial charge in [-0.25, -0.2) is 23.8 Å². The van der Waals surface area contributed by atoms with Crippen LogP contribution < -0.4 is 0 Å². The third-order valence-electron chi connectivity index (χ3n) is 3.83. The van der Waals surface area contributed by atoms with Gasteiger partial charge < -0.3 is 4.74 Å². The van der Waals surface area contributed by atoms with E-state index in [4.69, 9.17) is 4.74 Å². The lowest BCUT2D eigenvalue weighted by atomic mass is 10.1. The van der Waals surface area contributed by atoms with Crippen LogP contribution in [-0.4, -0.2) is 35.9 Å². The molecular weight excluding hydrogens is 325 g/mol. The number of aromatic nitrogens is 5. The summed E-state index contributed by atoms with van der Waals surface area (Å²) in [6.07, 6.45) is 2.95. The minimum Gasteiger partial charge on any atom is -0.455 e. The van der Waals surface area contributed by atoms with E-state index in [9.17, 15) is 9.18 Å². The standard InChI is InChI=1S/C17H16FN5O2/c1-17(2,3)25-16(24)14-13-7-23-15(19-8-21-23)11-6-10(18)4-5-12(11)22(13)9-20-14/h4-6,8-9H,7H2,1-3H3. The Hall–Kier alpha value is -3.03. The fourth-order valence-corrected chi connectivity index (χ4v) is 2.86. The number of carbonyl (C=O) groups excluding carboxylic acids is 1. The molecule has 0 saturated carbocycles. The number of hydrogen-bond acceptors (Lipinski definition) is 5. The third-order valence-corrected chi connectivity index (χ3v) is 3.83. The monoisotopic (exact) mass is 341 g/mol. The Balaban J connectivity index is 1.90. The summed E-state index contributed by atoms with van der Waals surface area (Å²) >= 11 is 0. The van der Waals surface area contributed by atoms with Crippen LogP contribution in [0.1, 0.15) is 37.0 Å². The van der Waals surface area contributed by atoms with Crippen molar-refractivity contribution < 1.29 is 13.9 Å². The molecule has 0 atom stereocenters. The van der Waals surface area contributed by atoms with E-state index in [0.717, 1.165) is 0 Å². The van der Waals surface area contributed by atoms with Crippen molar-refractivity contribution in [2.75, 3.05) is 0 Å². The molecule has 2 aromatic heterocycles. The first-order valence-electron chi connectivity index (χ1n) is 7.81. The van der Waals surface area contributed by atoms with Gasteiger partial charge in [-0.05, 0) is 39.0 Å². The van der Waals surface area contributed by atoms with Crippen LogP contribution in [0.2, 0.25) is 0 Å². The van der Waals surface area contributed by atoms with Crippen molar-refractivity contribution in [3.63, 3.8) is 0 Å². The maximum absolute atomic E-state index is 13.8. The van der Waals surface area contributed by atoms with Gasteiger partial charge in [-0.2, -0.15) is 5.10 Å². The fraction of sp³-hybridized carbons (Fsp3) is 0.294. The van der Waals surface area contributed by atoms with Crippen molar-refractivity contribution in [2.45, 2.75) is 32.9 Å². The Morgan fingerprint density at radius 1 is 1.28 bits per heavy atom. The summed E-state index contributed by atoms with van der Waals surface area (Å²) in [4.78, 5) is 21.0. The number of imidazole rings is 1. The number of halogens is 1. The maximum atomic E-state index is 13.8. The molecule has 0 unspecified atom stereocenters. The van der Waals surface area contributed by atoms with Crippen molar-refractivity contribution in [2.24, 2.45) is 0 Å². The Labute approximate surface area is 143 Å². The second kappa shape index (κ2) is 5.23. The van der Waals surface area contributed by atoms with Gasteiger partial charge >= 0.3 is 5.97 Å². The SMILES string of the molecule is CC(C)(C)OC(=O)c1ncn2c1Cn1ncnc1-c1cc(F)ccc1-2. The summed E-state index contributed by atoms with van der Waals surface area (Å²) in [7, 11) is 0. The Morgan fingerprint density at radius 2 is 2.08 bits per heavy atom. The molecule has 1 aliphatic heterocycles. The fourth-order valence-electron chi connectivity index (χ4n) is 2.86. The number of nitrogens with zero attached hydrogens (tertiary/aromatic N) is 5. The van der Waals surface area contributed by atoms with Gasteiger partial charge in [0.15, 0.2) is 11.5 Å². The summed E-state index contributed by atoms with van der Waals surface area (Å²) in [6, 6.07) is 4.40. The molecule has 4 rings (SSSR count). The number of carbonyl (C=O) groups is 1. The van der Waals surface area contributed by atoms with Crippen LogP contribution in [0, 0.1) is 5.82 Å². The molecule has 128 valence electrons. The first-order valence-corrected chi connectivity index (χ1v) is 7.81. The molecule has 0 N–H and O–H groups in total. The predicted molar refractivity (Wildman–Crippen MR) is 86.8 cm³/mol. The molecule has 8 heteroatoms. The van der Waals surface area contributed by atoms with Crippen molar-refractivity contribution in [3.05, 3.63) is 48.1 Å². The lowest BCUT2D eigenvalue weighted by molar-refractivity contribution is 0.00619. The number of esters is 1. The molecule has 25 heavy (non-hydrogen) atoms. The summed E-state index contributed by atoms with van der Waals surface area (Å²) < 4.78 is 22.6. The third kappa shape index (κ3) is 2.59. The molecule has 0 saturated heterocycles. The topological polar surface area (TPSA) is 74.8 Å². The van der Waals surface area contributed by atoms with Gasteiger partial charge in [0.2, 0.25) is 0 Å². The molecule has 0 spiro atoms. The number of benzene rings is 1. The van der Waals surface area contributed by atoms with Gasteiger partial charge in [-0.15, -0.1) is 0 Å². The van der Waals surface area contributed by atoms with E-state index in [-0.39, 0.29) is 18.1 Å². The molecule has 7 nitrogen and oxygen atoms in total. The van der Waals surface area contributed by atoms with Crippen LogP contribution in [0.4, 0.5) is 4.39 Å². The van der Waals surface area contributed by atoms with Crippen molar-refractivity contribution in [1.82, 2.24) is 24.3 Å². The Bertz CT molecular complexity index is 983. The van der Waals surface area contributed by atoms with E-state index in [1.165, 1.54) is 24.8 Å². The van der Waals surface area contributed by atoms with Crippen LogP contribution in [-0.2, 0) is 11.3 Å². The highest BCUT2D eigenvalue weighted by atomic mass is 19.1. The molecule has 0 fully saturated rings. The highest BCUT2D eigenvalue weighted by Crippen LogP contribution is 2.32. The normalized spacial score (nSPS) is 12.8. The number of fused-ring (bicyclic) bond motifs is 5. The summed E-state index contributed by atoms with van der Waals surface area (Å²) in [5, 5.41) is 4.19. The van der Waals surface area contributed by atoms with Crippen LogP contribution >= 0.6 is 0 Å². The van der Waals surface area contributed by atoms with Gasteiger partial charge in [-0.3, -0.25) is 4.57 Å². The van der Waals surface area contributed by atoms with E-state index in [0.29, 0.717) is 22.8 Å². The lowest BCUT2D eigenvalue weighted by Gasteiger charge is -2.19. The molecular formula is C17H16FN5O2. The molecule has 0 amide bonds. The van der Waals surface area contributed by atoms with Crippen molar-refractivity contribution in [1.29, 1.82) is 0 Å². The van der Waals surface area contributed by atoms with Gasteiger partial charge in [-0.1, -0.05) is 0 Å². The van der Waals surface area contributed by atoms with E-state index in [2.05, 4.69) is 15.1 Å². The van der Waals surface area contributed by atoms with E-state index in [1.807, 2.05) is 0 Å². The van der Waals surface area contributed by atoms with Gasteiger partial charge in [0.1, 0.15) is 24.1 Å². The number of rotatable bonds is 1. The molecule has 1 aromatic carbocycles. The van der Waals surface area contributed by atoms with Crippen LogP contribution in [0.3, 0.4) is 0 Å². The second-order valence-electron chi connectivity index (χ2n) is 6.81. The Morgan fingerprint density at radius 3 is 2.84 bits per heavy atom. The first kappa shape index (κ1) is 15.5. The minimum absolute atomic E-state index is 0.216. The lowest BCUT2D eigenvalue weighted by Crippen LogP contribution is -2.25. The average Bonchev–Trinajstić information content (AvgIpc) is 3.11. The molecule has 1 aliphatic rings. The van der Waals surface area contributed by atoms with Gasteiger partial charge in [0.05, 0.1) is 17.9 Å². The molecule has 0 radical (unpaired) electrons. The number of hydrogen-bond donors (Lipinski definition) is 0. The zero-order valence-electron chi connectivity index (χ0n) is 14.0. The first-order chi connectivity index (χ1) is 11.8. The van der Waals surface area contributed by atoms with E-state index in [1.54, 1.807) is 36.1 Å². The molecule has 3 aromatic rings.